The molecule has 1 aliphatic heterocycles. The van der Waals surface area contributed by atoms with Gasteiger partial charge < -0.3 is 10.1 Å². The smallest absolute Gasteiger partial charge is 0.416 e. The minimum Gasteiger partial charge on any atom is -0.462 e. The summed E-state index contributed by atoms with van der Waals surface area (Å²) in [5.41, 5.74) is 0.836. The maximum absolute atomic E-state index is 12.6. The molecule has 24 heavy (non-hydrogen) atoms. The van der Waals surface area contributed by atoms with E-state index in [1.54, 1.807) is 6.07 Å². The summed E-state index contributed by atoms with van der Waals surface area (Å²) in [6.45, 7) is 5.92. The summed E-state index contributed by atoms with van der Waals surface area (Å²) in [5.74, 6) is 0.741. The number of hydrogen-bond donors (Lipinski definition) is 1. The molecule has 1 heterocycles. The lowest BCUT2D eigenvalue weighted by Crippen LogP contribution is -2.27. The first-order chi connectivity index (χ1) is 11.1. The van der Waals surface area contributed by atoms with Crippen molar-refractivity contribution in [3.63, 3.8) is 0 Å². The van der Waals surface area contributed by atoms with Crippen LogP contribution in [0.1, 0.15) is 51.2 Å². The molecule has 0 unspecified atom stereocenters. The lowest BCUT2D eigenvalue weighted by molar-refractivity contribution is -0.139. The molecule has 1 atom stereocenters. The number of aryl methyl sites for hydroxylation is 1. The van der Waals surface area contributed by atoms with Gasteiger partial charge in [-0.15, -0.1) is 0 Å². The third-order valence-corrected chi connectivity index (χ3v) is 4.09. The molecule has 1 saturated carbocycles. The van der Waals surface area contributed by atoms with Gasteiger partial charge in [0, 0.05) is 11.7 Å². The van der Waals surface area contributed by atoms with Crippen molar-refractivity contribution < 1.29 is 22.7 Å². The first kappa shape index (κ1) is 18.6. The number of carbonyl (C=O) groups is 1. The number of alkyl halides is 3. The highest BCUT2D eigenvalue weighted by Gasteiger charge is 2.35. The number of hydrogen-bond acceptors (Lipinski definition) is 3. The molecule has 6 heteroatoms. The quantitative estimate of drug-likeness (QED) is 0.784. The molecule has 3 rings (SSSR count). The van der Waals surface area contributed by atoms with Crippen LogP contribution >= 0.6 is 0 Å². The second kappa shape index (κ2) is 7.03. The largest absolute Gasteiger partial charge is 0.462 e. The number of halogens is 3. The van der Waals surface area contributed by atoms with Crippen LogP contribution in [0.3, 0.4) is 0 Å². The van der Waals surface area contributed by atoms with Gasteiger partial charge in [0.15, 0.2) is 0 Å². The van der Waals surface area contributed by atoms with Gasteiger partial charge in [0.1, 0.15) is 5.60 Å². The Labute approximate surface area is 140 Å². The van der Waals surface area contributed by atoms with Gasteiger partial charge in [0.25, 0.3) is 6.47 Å². The van der Waals surface area contributed by atoms with Gasteiger partial charge in [0.05, 0.1) is 5.56 Å². The Morgan fingerprint density at radius 2 is 1.83 bits per heavy atom. The number of anilines is 1. The minimum atomic E-state index is -4.23. The van der Waals surface area contributed by atoms with Gasteiger partial charge in [-0.2, -0.15) is 13.2 Å². The van der Waals surface area contributed by atoms with Crippen molar-refractivity contribution in [1.29, 1.82) is 0 Å². The lowest BCUT2D eigenvalue weighted by Gasteiger charge is -2.27. The van der Waals surface area contributed by atoms with Crippen molar-refractivity contribution in [3.8, 4) is 0 Å². The van der Waals surface area contributed by atoms with Crippen LogP contribution in [-0.4, -0.2) is 18.1 Å². The maximum Gasteiger partial charge on any atom is 0.416 e. The molecule has 2 aliphatic rings. The Morgan fingerprint density at radius 3 is 2.29 bits per heavy atom. The van der Waals surface area contributed by atoms with Crippen molar-refractivity contribution in [2.45, 2.75) is 64.3 Å². The first-order valence-electron chi connectivity index (χ1n) is 8.18. The van der Waals surface area contributed by atoms with Gasteiger partial charge in [-0.3, -0.25) is 4.79 Å². The Balaban J connectivity index is 0.000000256. The second-order valence-corrected chi connectivity index (χ2v) is 7.32. The predicted octanol–water partition coefficient (Wildman–Crippen LogP) is 4.80. The first-order valence-corrected chi connectivity index (χ1v) is 8.18. The van der Waals surface area contributed by atoms with Crippen molar-refractivity contribution >= 4 is 12.2 Å². The zero-order valence-electron chi connectivity index (χ0n) is 14.2. The molecule has 3 nitrogen and oxygen atoms in total. The molecule has 1 fully saturated rings. The molecule has 0 aromatic heterocycles. The van der Waals surface area contributed by atoms with E-state index in [9.17, 15) is 18.0 Å². The highest BCUT2D eigenvalue weighted by atomic mass is 19.4. The molecule has 0 bridgehead atoms. The summed E-state index contributed by atoms with van der Waals surface area (Å²) >= 11 is 0. The van der Waals surface area contributed by atoms with Crippen LogP contribution in [0.15, 0.2) is 18.2 Å². The molecular weight excluding hydrogens is 319 g/mol. The molecule has 1 aliphatic carbocycles. The molecule has 0 spiro atoms. The standard InChI is InChI=1S/C13H14F3N.C5H10O2/c14-13(15,16)10-4-6-12-9(7-10)3-5-11(17-12)8-1-2-8;1-5(2,3)7-4-6/h4,6-8,11,17H,1-3,5H2;4H,1-3H3/t11-;/m0./s1. The predicted molar refractivity (Wildman–Crippen MR) is 86.8 cm³/mol. The Kier molecular flexibility index (Phi) is 5.45. The fraction of sp³-hybridized carbons (Fsp3) is 0.611. The third kappa shape index (κ3) is 5.42. The molecule has 0 saturated heterocycles. The van der Waals surface area contributed by atoms with Gasteiger partial charge >= 0.3 is 6.18 Å². The zero-order chi connectivity index (χ0) is 18.0. The molecule has 134 valence electrons. The van der Waals surface area contributed by atoms with Gasteiger partial charge in [-0.1, -0.05) is 0 Å². The van der Waals surface area contributed by atoms with Crippen LogP contribution in [0.2, 0.25) is 0 Å². The summed E-state index contributed by atoms with van der Waals surface area (Å²) in [7, 11) is 0. The second-order valence-electron chi connectivity index (χ2n) is 7.32. The number of ether oxygens (including phenoxy) is 1. The number of nitrogens with one attached hydrogen (secondary N) is 1. The summed E-state index contributed by atoms with van der Waals surface area (Å²) in [5, 5.41) is 3.37. The average molecular weight is 343 g/mol. The Bertz CT molecular complexity index is 575. The fourth-order valence-electron chi connectivity index (χ4n) is 2.70. The highest BCUT2D eigenvalue weighted by Crippen LogP contribution is 2.40. The minimum absolute atomic E-state index is 0.318. The Morgan fingerprint density at radius 1 is 1.17 bits per heavy atom. The Hall–Kier alpha value is -1.72. The van der Waals surface area contributed by atoms with Crippen molar-refractivity contribution in [2.24, 2.45) is 5.92 Å². The van der Waals surface area contributed by atoms with E-state index in [0.29, 0.717) is 12.5 Å². The van der Waals surface area contributed by atoms with E-state index in [2.05, 4.69) is 10.1 Å². The number of fused-ring (bicyclic) bond motifs is 1. The van der Waals surface area contributed by atoms with E-state index < -0.39 is 11.7 Å². The average Bonchev–Trinajstić information content (AvgIpc) is 3.29. The van der Waals surface area contributed by atoms with Crippen molar-refractivity contribution in [2.75, 3.05) is 5.32 Å². The lowest BCUT2D eigenvalue weighted by atomic mass is 9.94. The maximum atomic E-state index is 12.6. The fourth-order valence-corrected chi connectivity index (χ4v) is 2.70. The van der Waals surface area contributed by atoms with E-state index in [1.165, 1.54) is 25.0 Å². The van der Waals surface area contributed by atoms with Gasteiger partial charge in [-0.25, -0.2) is 0 Å². The number of benzene rings is 1. The van der Waals surface area contributed by atoms with Gasteiger partial charge in [0.2, 0.25) is 0 Å². The molecule has 1 N–H and O–H groups in total. The summed E-state index contributed by atoms with van der Waals surface area (Å²) in [6.07, 6.45) is -0.00393. The van der Waals surface area contributed by atoms with E-state index in [0.717, 1.165) is 30.0 Å². The van der Waals surface area contributed by atoms with E-state index in [4.69, 9.17) is 0 Å². The van der Waals surface area contributed by atoms with Crippen LogP contribution in [-0.2, 0) is 22.1 Å². The number of carbonyl (C=O) groups excluding carboxylic acids is 1. The zero-order valence-corrected chi connectivity index (χ0v) is 14.2. The van der Waals surface area contributed by atoms with E-state index >= 15 is 0 Å². The van der Waals surface area contributed by atoms with Crippen molar-refractivity contribution in [1.82, 2.24) is 0 Å². The summed E-state index contributed by atoms with van der Waals surface area (Å²) < 4.78 is 42.2. The molecular formula is C18H24F3NO2. The number of rotatable bonds is 2. The summed E-state index contributed by atoms with van der Waals surface area (Å²) in [6, 6.07) is 4.50. The van der Waals surface area contributed by atoms with Gasteiger partial charge in [-0.05, 0) is 76.1 Å². The SMILES string of the molecule is CC(C)(C)OC=O.FC(F)(F)c1ccc2c(c1)CC[C@@H](C1CC1)N2. The van der Waals surface area contributed by atoms with Crippen LogP contribution in [0.5, 0.6) is 0 Å². The van der Waals surface area contributed by atoms with Crippen molar-refractivity contribution in [3.05, 3.63) is 29.3 Å². The molecule has 1 aromatic rings. The van der Waals surface area contributed by atoms with Crippen LogP contribution in [0, 0.1) is 5.92 Å². The topological polar surface area (TPSA) is 38.3 Å². The normalized spacial score (nSPS) is 20.2. The van der Waals surface area contributed by atoms with Crippen LogP contribution in [0.25, 0.3) is 0 Å². The monoisotopic (exact) mass is 343 g/mol. The third-order valence-electron chi connectivity index (χ3n) is 4.09. The molecule has 1 aromatic carbocycles. The van der Waals surface area contributed by atoms with E-state index in [1.807, 2.05) is 20.8 Å². The molecule has 0 amide bonds. The van der Waals surface area contributed by atoms with Crippen LogP contribution < -0.4 is 5.32 Å². The van der Waals surface area contributed by atoms with Crippen LogP contribution in [0.4, 0.5) is 18.9 Å². The van der Waals surface area contributed by atoms with E-state index in [-0.39, 0.29) is 5.60 Å². The highest BCUT2D eigenvalue weighted by molar-refractivity contribution is 5.56. The summed E-state index contributed by atoms with van der Waals surface area (Å²) in [4.78, 5) is 9.60. The molecule has 0 radical (unpaired) electrons.